The van der Waals surface area contributed by atoms with Gasteiger partial charge in [0.25, 0.3) is 0 Å². The fourth-order valence-corrected chi connectivity index (χ4v) is 5.59. The largest absolute Gasteiger partial charge is 0.493 e. The van der Waals surface area contributed by atoms with Crippen molar-refractivity contribution in [3.63, 3.8) is 0 Å². The van der Waals surface area contributed by atoms with Gasteiger partial charge in [0.2, 0.25) is 5.91 Å². The molecule has 1 aliphatic rings. The van der Waals surface area contributed by atoms with Gasteiger partial charge in [0.05, 0.1) is 13.2 Å². The SMILES string of the molecule is COc1ccccc1OCC1c2ccsc2CCN1C(=O)CN(CCC(C)C)C(=O)Nc1cccc(Cl)c1. The van der Waals surface area contributed by atoms with Crippen LogP contribution in [0.25, 0.3) is 0 Å². The lowest BCUT2D eigenvalue weighted by Gasteiger charge is -2.37. The smallest absolute Gasteiger partial charge is 0.322 e. The molecule has 2 aromatic carbocycles. The molecule has 0 aliphatic carbocycles. The number of ether oxygens (including phenoxy) is 2. The number of nitrogens with one attached hydrogen (secondary N) is 1. The van der Waals surface area contributed by atoms with Gasteiger partial charge in [-0.2, -0.15) is 0 Å². The summed E-state index contributed by atoms with van der Waals surface area (Å²) in [7, 11) is 1.61. The number of hydrogen-bond acceptors (Lipinski definition) is 5. The van der Waals surface area contributed by atoms with E-state index in [1.165, 1.54) is 4.88 Å². The Morgan fingerprint density at radius 2 is 1.95 bits per heavy atom. The number of thiophene rings is 1. The number of methoxy groups -OCH3 is 1. The maximum Gasteiger partial charge on any atom is 0.322 e. The molecule has 0 saturated carbocycles. The van der Waals surface area contributed by atoms with E-state index < -0.39 is 0 Å². The molecule has 4 rings (SSSR count). The number of para-hydroxylation sites is 2. The molecule has 2 heterocycles. The van der Waals surface area contributed by atoms with Crippen LogP contribution in [0.4, 0.5) is 10.5 Å². The number of amides is 3. The highest BCUT2D eigenvalue weighted by Gasteiger charge is 2.33. The summed E-state index contributed by atoms with van der Waals surface area (Å²) in [6.07, 6.45) is 1.57. The lowest BCUT2D eigenvalue weighted by Crippen LogP contribution is -2.49. The molecular weight excluding hydrogens is 522 g/mol. The summed E-state index contributed by atoms with van der Waals surface area (Å²) in [4.78, 5) is 31.7. The quantitative estimate of drug-likeness (QED) is 0.310. The normalized spacial score (nSPS) is 14.7. The molecule has 1 aromatic heterocycles. The van der Waals surface area contributed by atoms with Gasteiger partial charge in [0, 0.05) is 28.7 Å². The van der Waals surface area contributed by atoms with E-state index in [4.69, 9.17) is 21.1 Å². The lowest BCUT2D eigenvalue weighted by molar-refractivity contribution is -0.135. The van der Waals surface area contributed by atoms with Crippen LogP contribution in [0.3, 0.4) is 0 Å². The van der Waals surface area contributed by atoms with Crippen molar-refractivity contribution in [2.75, 3.05) is 38.7 Å². The minimum absolute atomic E-state index is 0.0241. The van der Waals surface area contributed by atoms with E-state index >= 15 is 0 Å². The molecule has 7 nitrogen and oxygen atoms in total. The molecule has 0 fully saturated rings. The second kappa shape index (κ2) is 13.0. The minimum Gasteiger partial charge on any atom is -0.493 e. The van der Waals surface area contributed by atoms with Crippen LogP contribution in [0.2, 0.25) is 5.02 Å². The van der Waals surface area contributed by atoms with Crippen LogP contribution >= 0.6 is 22.9 Å². The molecule has 3 amide bonds. The highest BCUT2D eigenvalue weighted by Crippen LogP contribution is 2.35. The number of anilines is 1. The minimum atomic E-state index is -0.323. The van der Waals surface area contributed by atoms with Crippen molar-refractivity contribution in [1.82, 2.24) is 9.80 Å². The second-order valence-corrected chi connectivity index (χ2v) is 11.1. The molecule has 1 atom stereocenters. The van der Waals surface area contributed by atoms with E-state index in [1.54, 1.807) is 47.6 Å². The zero-order valence-electron chi connectivity index (χ0n) is 22.0. The fourth-order valence-electron chi connectivity index (χ4n) is 4.47. The third-order valence-electron chi connectivity index (χ3n) is 6.55. The first-order chi connectivity index (χ1) is 18.4. The van der Waals surface area contributed by atoms with Crippen LogP contribution in [0.15, 0.2) is 60.0 Å². The van der Waals surface area contributed by atoms with Crippen LogP contribution < -0.4 is 14.8 Å². The standard InChI is InChI=1S/C29H34ClN3O4S/c1-20(2)11-14-32(29(35)31-22-8-6-7-21(30)17-22)18-28(34)33-15-12-27-23(13-16-38-27)24(33)19-37-26-10-5-4-9-25(26)36-3/h4-10,13,16-17,20,24H,11-12,14-15,18-19H2,1-3H3,(H,31,35). The van der Waals surface area contributed by atoms with Gasteiger partial charge in [0.15, 0.2) is 11.5 Å². The van der Waals surface area contributed by atoms with Crippen LogP contribution in [-0.4, -0.2) is 55.1 Å². The highest BCUT2D eigenvalue weighted by atomic mass is 35.5. The monoisotopic (exact) mass is 555 g/mol. The Hall–Kier alpha value is -3.23. The van der Waals surface area contributed by atoms with Crippen molar-refractivity contribution in [2.45, 2.75) is 32.7 Å². The number of nitrogens with zero attached hydrogens (tertiary/aromatic N) is 2. The van der Waals surface area contributed by atoms with Gasteiger partial charge in [0.1, 0.15) is 13.2 Å². The van der Waals surface area contributed by atoms with Crippen molar-refractivity contribution < 1.29 is 19.1 Å². The first kappa shape index (κ1) is 27.8. The summed E-state index contributed by atoms with van der Waals surface area (Å²) < 4.78 is 11.6. The third kappa shape index (κ3) is 6.99. The van der Waals surface area contributed by atoms with E-state index in [1.807, 2.05) is 29.2 Å². The highest BCUT2D eigenvalue weighted by molar-refractivity contribution is 7.10. The molecule has 0 saturated heterocycles. The van der Waals surface area contributed by atoms with Crippen LogP contribution in [-0.2, 0) is 11.2 Å². The maximum absolute atomic E-state index is 13.7. The van der Waals surface area contributed by atoms with Crippen LogP contribution in [0.1, 0.15) is 36.8 Å². The summed E-state index contributed by atoms with van der Waals surface area (Å²) in [6.45, 7) is 5.50. The number of halogens is 1. The Balaban J connectivity index is 1.51. The zero-order valence-corrected chi connectivity index (χ0v) is 23.6. The summed E-state index contributed by atoms with van der Waals surface area (Å²) in [5.41, 5.74) is 1.69. The summed E-state index contributed by atoms with van der Waals surface area (Å²) in [5, 5.41) is 5.48. The second-order valence-electron chi connectivity index (χ2n) is 9.66. The van der Waals surface area contributed by atoms with Gasteiger partial charge >= 0.3 is 6.03 Å². The third-order valence-corrected chi connectivity index (χ3v) is 7.78. The first-order valence-electron chi connectivity index (χ1n) is 12.8. The van der Waals surface area contributed by atoms with E-state index in [-0.39, 0.29) is 31.1 Å². The predicted molar refractivity (Wildman–Crippen MR) is 152 cm³/mol. The molecule has 0 radical (unpaired) electrons. The Kier molecular flexibility index (Phi) is 9.53. The maximum atomic E-state index is 13.7. The summed E-state index contributed by atoms with van der Waals surface area (Å²) in [5.74, 6) is 1.55. The van der Waals surface area contributed by atoms with Crippen molar-refractivity contribution >= 4 is 40.6 Å². The number of urea groups is 1. The van der Waals surface area contributed by atoms with Crippen molar-refractivity contribution in [3.8, 4) is 11.5 Å². The Bertz CT molecular complexity index is 1250. The van der Waals surface area contributed by atoms with Crippen LogP contribution in [0, 0.1) is 5.92 Å². The molecule has 1 aliphatic heterocycles. The van der Waals surface area contributed by atoms with Gasteiger partial charge in [-0.15, -0.1) is 11.3 Å². The number of carbonyl (C=O) groups excluding carboxylic acids is 2. The van der Waals surface area contributed by atoms with Gasteiger partial charge in [-0.25, -0.2) is 4.79 Å². The average Bonchev–Trinajstić information content (AvgIpc) is 3.38. The predicted octanol–water partition coefficient (Wildman–Crippen LogP) is 6.50. The van der Waals surface area contributed by atoms with Crippen molar-refractivity contribution in [3.05, 3.63) is 75.4 Å². The molecule has 0 spiro atoms. The topological polar surface area (TPSA) is 71.1 Å². The fraction of sp³-hybridized carbons (Fsp3) is 0.379. The van der Waals surface area contributed by atoms with Gasteiger partial charge in [-0.3, -0.25) is 4.79 Å². The van der Waals surface area contributed by atoms with E-state index in [9.17, 15) is 9.59 Å². The van der Waals surface area contributed by atoms with E-state index in [2.05, 4.69) is 30.6 Å². The molecule has 3 aromatic rings. The molecular formula is C29H34ClN3O4S. The number of carbonyl (C=O) groups is 2. The van der Waals surface area contributed by atoms with Gasteiger partial charge < -0.3 is 24.6 Å². The van der Waals surface area contributed by atoms with Crippen molar-refractivity contribution in [1.29, 1.82) is 0 Å². The van der Waals surface area contributed by atoms with E-state index in [0.717, 1.165) is 18.4 Å². The summed E-state index contributed by atoms with van der Waals surface area (Å²) >= 11 is 7.79. The molecule has 1 unspecified atom stereocenters. The number of fused-ring (bicyclic) bond motifs is 1. The molecule has 9 heteroatoms. The molecule has 202 valence electrons. The lowest BCUT2D eigenvalue weighted by atomic mass is 10.0. The van der Waals surface area contributed by atoms with Crippen LogP contribution in [0.5, 0.6) is 11.5 Å². The Labute approximate surface area is 233 Å². The first-order valence-corrected chi connectivity index (χ1v) is 14.0. The number of hydrogen-bond donors (Lipinski definition) is 1. The molecule has 0 bridgehead atoms. The Morgan fingerprint density at radius 1 is 1.16 bits per heavy atom. The molecule has 38 heavy (non-hydrogen) atoms. The summed E-state index contributed by atoms with van der Waals surface area (Å²) in [6, 6.07) is 16.0. The van der Waals surface area contributed by atoms with E-state index in [0.29, 0.717) is 41.2 Å². The molecule has 1 N–H and O–H groups in total. The number of benzene rings is 2. The Morgan fingerprint density at radius 3 is 2.68 bits per heavy atom. The van der Waals surface area contributed by atoms with Crippen molar-refractivity contribution in [2.24, 2.45) is 5.92 Å². The number of rotatable bonds is 10. The van der Waals surface area contributed by atoms with Gasteiger partial charge in [-0.1, -0.05) is 43.6 Å². The average molecular weight is 556 g/mol. The zero-order chi connectivity index (χ0) is 27.1. The van der Waals surface area contributed by atoms with Gasteiger partial charge in [-0.05, 0) is 66.1 Å².